The molecule has 8 heteroatoms. The van der Waals surface area contributed by atoms with Crippen molar-refractivity contribution in [2.45, 2.75) is 18.9 Å². The third-order valence-electron chi connectivity index (χ3n) is 3.43. The summed E-state index contributed by atoms with van der Waals surface area (Å²) in [5.41, 5.74) is -0.324. The van der Waals surface area contributed by atoms with E-state index in [1.165, 1.54) is 12.0 Å². The molecule has 1 atom stereocenters. The molecule has 2 amide bonds. The van der Waals surface area contributed by atoms with Crippen LogP contribution >= 0.6 is 0 Å². The Balaban J connectivity index is 2.04. The topological polar surface area (TPSA) is 58.6 Å². The van der Waals surface area contributed by atoms with Crippen molar-refractivity contribution < 1.29 is 27.5 Å². The maximum atomic E-state index is 13.1. The van der Waals surface area contributed by atoms with Crippen molar-refractivity contribution in [3.63, 3.8) is 0 Å². The van der Waals surface area contributed by atoms with Gasteiger partial charge in [0, 0.05) is 38.0 Å². The van der Waals surface area contributed by atoms with E-state index in [9.17, 15) is 22.8 Å². The van der Waals surface area contributed by atoms with Gasteiger partial charge in [0.25, 0.3) is 0 Å². The number of carbonyl (C=O) groups is 2. The van der Waals surface area contributed by atoms with Crippen LogP contribution in [0.4, 0.5) is 18.9 Å². The lowest BCUT2D eigenvalue weighted by atomic mass is 10.1. The van der Waals surface area contributed by atoms with Gasteiger partial charge in [-0.2, -0.15) is 0 Å². The Bertz CT molecular complexity index is 572. The van der Waals surface area contributed by atoms with E-state index in [4.69, 9.17) is 4.74 Å². The minimum atomic E-state index is -1.64. The van der Waals surface area contributed by atoms with Crippen LogP contribution in [0, 0.1) is 17.5 Å². The molecule has 5 nitrogen and oxygen atoms in total. The molecule has 1 heterocycles. The van der Waals surface area contributed by atoms with Crippen molar-refractivity contribution in [3.8, 4) is 0 Å². The summed E-state index contributed by atoms with van der Waals surface area (Å²) in [4.78, 5) is 25.1. The molecule has 0 aromatic heterocycles. The molecule has 0 spiro atoms. The summed E-state index contributed by atoms with van der Waals surface area (Å²) in [5.74, 6) is -6.39. The monoisotopic (exact) mass is 316 g/mol. The fourth-order valence-electron chi connectivity index (χ4n) is 2.27. The van der Waals surface area contributed by atoms with Gasteiger partial charge in [0.2, 0.25) is 0 Å². The van der Waals surface area contributed by atoms with Gasteiger partial charge in [-0.25, -0.2) is 13.2 Å². The molecule has 0 bridgehead atoms. The van der Waals surface area contributed by atoms with Crippen LogP contribution in [0.1, 0.15) is 12.8 Å². The SMILES string of the molecule is CO[C@@H]1CCCN(C(=O)C(=O)Nc2cc(F)c(F)c(F)c2)C1. The molecule has 120 valence electrons. The Morgan fingerprint density at radius 1 is 1.27 bits per heavy atom. The number of hydrogen-bond acceptors (Lipinski definition) is 3. The average Bonchev–Trinajstić information content (AvgIpc) is 2.51. The zero-order chi connectivity index (χ0) is 16.3. The Kier molecular flexibility index (Phi) is 5.02. The Hall–Kier alpha value is -2.09. The molecule has 1 saturated heterocycles. The lowest BCUT2D eigenvalue weighted by molar-refractivity contribution is -0.145. The third-order valence-corrected chi connectivity index (χ3v) is 3.43. The minimum Gasteiger partial charge on any atom is -0.380 e. The lowest BCUT2D eigenvalue weighted by Gasteiger charge is -2.31. The van der Waals surface area contributed by atoms with Crippen LogP contribution in [0.2, 0.25) is 0 Å². The number of anilines is 1. The number of halogens is 3. The van der Waals surface area contributed by atoms with Crippen LogP contribution in [0.3, 0.4) is 0 Å². The number of methoxy groups -OCH3 is 1. The minimum absolute atomic E-state index is 0.147. The maximum absolute atomic E-state index is 13.1. The van der Waals surface area contributed by atoms with Crippen LogP contribution in [0.15, 0.2) is 12.1 Å². The highest BCUT2D eigenvalue weighted by Crippen LogP contribution is 2.18. The average molecular weight is 316 g/mol. The van der Waals surface area contributed by atoms with E-state index in [1.807, 2.05) is 0 Å². The molecule has 0 saturated carbocycles. The summed E-state index contributed by atoms with van der Waals surface area (Å²) >= 11 is 0. The number of piperidine rings is 1. The van der Waals surface area contributed by atoms with Gasteiger partial charge in [0.05, 0.1) is 6.10 Å². The van der Waals surface area contributed by atoms with Crippen molar-refractivity contribution in [1.29, 1.82) is 0 Å². The van der Waals surface area contributed by atoms with Gasteiger partial charge in [-0.3, -0.25) is 9.59 Å². The van der Waals surface area contributed by atoms with E-state index in [-0.39, 0.29) is 18.3 Å². The summed E-state index contributed by atoms with van der Waals surface area (Å²) in [7, 11) is 1.52. The highest BCUT2D eigenvalue weighted by atomic mass is 19.2. The smallest absolute Gasteiger partial charge is 0.313 e. The number of ether oxygens (including phenoxy) is 1. The van der Waals surface area contributed by atoms with E-state index in [0.717, 1.165) is 6.42 Å². The predicted octanol–water partition coefficient (Wildman–Crippen LogP) is 1.68. The van der Waals surface area contributed by atoms with Crippen molar-refractivity contribution >= 4 is 17.5 Å². The molecular formula is C14H15F3N2O3. The second-order valence-electron chi connectivity index (χ2n) is 4.96. The van der Waals surface area contributed by atoms with Gasteiger partial charge in [-0.15, -0.1) is 0 Å². The maximum Gasteiger partial charge on any atom is 0.313 e. The van der Waals surface area contributed by atoms with Crippen molar-refractivity contribution in [3.05, 3.63) is 29.6 Å². The fourth-order valence-corrected chi connectivity index (χ4v) is 2.27. The number of carbonyl (C=O) groups excluding carboxylic acids is 2. The van der Waals surface area contributed by atoms with E-state index in [0.29, 0.717) is 25.1 Å². The first kappa shape index (κ1) is 16.3. The van der Waals surface area contributed by atoms with Gasteiger partial charge in [-0.05, 0) is 12.8 Å². The molecule has 1 aliphatic heterocycles. The first-order valence-electron chi connectivity index (χ1n) is 6.70. The van der Waals surface area contributed by atoms with Crippen molar-refractivity contribution in [2.24, 2.45) is 0 Å². The summed E-state index contributed by atoms with van der Waals surface area (Å²) < 4.78 is 44.1. The molecule has 0 radical (unpaired) electrons. The van der Waals surface area contributed by atoms with E-state index < -0.39 is 29.3 Å². The van der Waals surface area contributed by atoms with E-state index >= 15 is 0 Å². The number of hydrogen-bond donors (Lipinski definition) is 1. The molecule has 1 N–H and O–H groups in total. The summed E-state index contributed by atoms with van der Waals surface area (Å²) in [6.45, 7) is 0.674. The first-order valence-corrected chi connectivity index (χ1v) is 6.70. The molecule has 1 fully saturated rings. The summed E-state index contributed by atoms with van der Waals surface area (Å²) in [5, 5.41) is 2.06. The number of amides is 2. The van der Waals surface area contributed by atoms with Gasteiger partial charge >= 0.3 is 11.8 Å². The molecule has 1 aliphatic rings. The third kappa shape index (κ3) is 3.56. The van der Waals surface area contributed by atoms with Crippen molar-refractivity contribution in [2.75, 3.05) is 25.5 Å². The fraction of sp³-hybridized carbons (Fsp3) is 0.429. The standard InChI is InChI=1S/C14H15F3N2O3/c1-22-9-3-2-4-19(7-9)14(21)13(20)18-8-5-10(15)12(17)11(16)6-8/h5-6,9H,2-4,7H2,1H3,(H,18,20)/t9-/m1/s1. The second kappa shape index (κ2) is 6.78. The van der Waals surface area contributed by atoms with Gasteiger partial charge in [0.15, 0.2) is 17.5 Å². The molecule has 2 rings (SSSR count). The number of nitrogens with zero attached hydrogens (tertiary/aromatic N) is 1. The lowest BCUT2D eigenvalue weighted by Crippen LogP contribution is -2.47. The van der Waals surface area contributed by atoms with Gasteiger partial charge in [0.1, 0.15) is 0 Å². The number of nitrogens with one attached hydrogen (secondary N) is 1. The molecule has 0 aliphatic carbocycles. The number of benzene rings is 1. The number of rotatable bonds is 2. The zero-order valence-corrected chi connectivity index (χ0v) is 11.9. The van der Waals surface area contributed by atoms with Gasteiger partial charge in [-0.1, -0.05) is 0 Å². The van der Waals surface area contributed by atoms with Crippen LogP contribution in [0.25, 0.3) is 0 Å². The van der Waals surface area contributed by atoms with Crippen LogP contribution in [-0.2, 0) is 14.3 Å². The molecule has 22 heavy (non-hydrogen) atoms. The Labute approximate surface area is 125 Å². The normalized spacial score (nSPS) is 18.2. The van der Waals surface area contributed by atoms with Crippen LogP contribution in [-0.4, -0.2) is 43.0 Å². The molecule has 1 aromatic carbocycles. The Morgan fingerprint density at radius 2 is 1.91 bits per heavy atom. The summed E-state index contributed by atoms with van der Waals surface area (Å²) in [6.07, 6.45) is 1.33. The highest BCUT2D eigenvalue weighted by Gasteiger charge is 2.28. The second-order valence-corrected chi connectivity index (χ2v) is 4.96. The highest BCUT2D eigenvalue weighted by molar-refractivity contribution is 6.39. The summed E-state index contributed by atoms with van der Waals surface area (Å²) in [6, 6.07) is 1.22. The first-order chi connectivity index (χ1) is 10.4. The predicted molar refractivity (Wildman–Crippen MR) is 71.6 cm³/mol. The molecule has 1 aromatic rings. The Morgan fingerprint density at radius 3 is 2.50 bits per heavy atom. The largest absolute Gasteiger partial charge is 0.380 e. The zero-order valence-electron chi connectivity index (χ0n) is 11.9. The number of likely N-dealkylation sites (tertiary alicyclic amines) is 1. The molecular weight excluding hydrogens is 301 g/mol. The van der Waals surface area contributed by atoms with Crippen LogP contribution in [0.5, 0.6) is 0 Å². The quantitative estimate of drug-likeness (QED) is 0.667. The van der Waals surface area contributed by atoms with E-state index in [2.05, 4.69) is 5.32 Å². The van der Waals surface area contributed by atoms with Gasteiger partial charge < -0.3 is 15.0 Å². The molecule has 0 unspecified atom stereocenters. The van der Waals surface area contributed by atoms with Crippen molar-refractivity contribution in [1.82, 2.24) is 4.90 Å². The van der Waals surface area contributed by atoms with E-state index in [1.54, 1.807) is 0 Å². The van der Waals surface area contributed by atoms with Crippen LogP contribution < -0.4 is 5.32 Å².